The molecule has 0 spiro atoms. The quantitative estimate of drug-likeness (QED) is 0.502. The van der Waals surface area contributed by atoms with E-state index in [1.54, 1.807) is 4.90 Å². The van der Waals surface area contributed by atoms with Crippen molar-refractivity contribution in [3.63, 3.8) is 0 Å². The number of rotatable bonds is 8. The Balaban J connectivity index is 1.45. The first kappa shape index (κ1) is 20.6. The van der Waals surface area contributed by atoms with Crippen molar-refractivity contribution in [1.29, 1.82) is 0 Å². The van der Waals surface area contributed by atoms with Gasteiger partial charge in [0, 0.05) is 26.4 Å². The zero-order valence-corrected chi connectivity index (χ0v) is 17.0. The normalized spacial score (nSPS) is 32.1. The maximum Gasteiger partial charge on any atom is 0.222 e. The van der Waals surface area contributed by atoms with Gasteiger partial charge in [0.25, 0.3) is 0 Å². The van der Waals surface area contributed by atoms with E-state index >= 15 is 0 Å². The lowest BCUT2D eigenvalue weighted by atomic mass is 9.88. The van der Waals surface area contributed by atoms with Gasteiger partial charge in [-0.2, -0.15) is 0 Å². The Morgan fingerprint density at radius 2 is 2.04 bits per heavy atom. The minimum Gasteiger partial charge on any atom is -0.392 e. The number of aliphatic hydroxyl groups is 2. The third-order valence-corrected chi connectivity index (χ3v) is 7.00. The van der Waals surface area contributed by atoms with Gasteiger partial charge in [0.1, 0.15) is 0 Å². The molecule has 0 aromatic rings. The minimum absolute atomic E-state index is 0.176. The molecular formula is C23H37NO3. The van der Waals surface area contributed by atoms with Crippen molar-refractivity contribution in [1.82, 2.24) is 4.90 Å². The molecule has 0 saturated heterocycles. The van der Waals surface area contributed by atoms with Crippen LogP contribution in [0.25, 0.3) is 0 Å². The van der Waals surface area contributed by atoms with Crippen LogP contribution in [-0.2, 0) is 4.79 Å². The summed E-state index contributed by atoms with van der Waals surface area (Å²) in [4.78, 5) is 13.3. The van der Waals surface area contributed by atoms with Gasteiger partial charge in [-0.25, -0.2) is 0 Å². The molecule has 2 saturated carbocycles. The maximum atomic E-state index is 11.7. The lowest BCUT2D eigenvalue weighted by molar-refractivity contribution is -0.128. The molecule has 0 unspecified atom stereocenters. The van der Waals surface area contributed by atoms with Crippen molar-refractivity contribution in [2.24, 2.45) is 23.7 Å². The number of allylic oxidation sites excluding steroid dienone is 2. The predicted molar refractivity (Wildman–Crippen MR) is 108 cm³/mol. The number of hydrogen-bond donors (Lipinski definition) is 2. The van der Waals surface area contributed by atoms with Crippen LogP contribution in [0.5, 0.6) is 0 Å². The van der Waals surface area contributed by atoms with Crippen molar-refractivity contribution in [3.8, 4) is 0 Å². The van der Waals surface area contributed by atoms with Crippen LogP contribution in [0.3, 0.4) is 0 Å². The molecule has 27 heavy (non-hydrogen) atoms. The third kappa shape index (κ3) is 5.23. The van der Waals surface area contributed by atoms with E-state index in [0.29, 0.717) is 24.2 Å². The number of hydrogen-bond acceptors (Lipinski definition) is 3. The molecule has 0 bridgehead atoms. The van der Waals surface area contributed by atoms with Gasteiger partial charge in [0.05, 0.1) is 12.2 Å². The Morgan fingerprint density at radius 3 is 2.74 bits per heavy atom. The summed E-state index contributed by atoms with van der Waals surface area (Å²) >= 11 is 0. The first-order valence-electron chi connectivity index (χ1n) is 10.9. The fourth-order valence-electron chi connectivity index (χ4n) is 5.34. The van der Waals surface area contributed by atoms with Crippen molar-refractivity contribution in [2.75, 3.05) is 14.1 Å². The molecule has 5 atom stereocenters. The fraction of sp³-hybridized carbons (Fsp3) is 0.783. The van der Waals surface area contributed by atoms with E-state index in [1.165, 1.54) is 18.4 Å². The molecule has 0 aromatic carbocycles. The average Bonchev–Trinajstić information content (AvgIpc) is 3.33. The Morgan fingerprint density at radius 1 is 1.30 bits per heavy atom. The number of amides is 1. The summed E-state index contributed by atoms with van der Waals surface area (Å²) in [5.41, 5.74) is 1.50. The summed E-state index contributed by atoms with van der Waals surface area (Å²) in [7, 11) is 3.62. The maximum absolute atomic E-state index is 11.7. The molecule has 4 heteroatoms. The summed E-state index contributed by atoms with van der Waals surface area (Å²) in [6.07, 6.45) is 16.2. The molecule has 3 aliphatic carbocycles. The molecular weight excluding hydrogens is 338 g/mol. The monoisotopic (exact) mass is 375 g/mol. The Bertz CT molecular complexity index is 562. The first-order valence-corrected chi connectivity index (χ1v) is 10.9. The molecule has 0 radical (unpaired) electrons. The van der Waals surface area contributed by atoms with Crippen LogP contribution in [0.15, 0.2) is 23.8 Å². The molecule has 3 aliphatic rings. The summed E-state index contributed by atoms with van der Waals surface area (Å²) in [6.45, 7) is 0. The number of aliphatic hydroxyl groups excluding tert-OH is 2. The summed E-state index contributed by atoms with van der Waals surface area (Å²) in [5.74, 6) is 1.77. The number of carbonyl (C=O) groups excluding carboxylic acids is 1. The van der Waals surface area contributed by atoms with E-state index in [-0.39, 0.29) is 24.0 Å². The molecule has 3 rings (SSSR count). The van der Waals surface area contributed by atoms with Gasteiger partial charge in [0.2, 0.25) is 5.91 Å². The van der Waals surface area contributed by atoms with E-state index in [9.17, 15) is 15.0 Å². The van der Waals surface area contributed by atoms with Crippen LogP contribution in [-0.4, -0.2) is 47.3 Å². The van der Waals surface area contributed by atoms with Gasteiger partial charge in [-0.1, -0.05) is 36.6 Å². The highest BCUT2D eigenvalue weighted by Crippen LogP contribution is 2.48. The highest BCUT2D eigenvalue weighted by atomic mass is 16.3. The van der Waals surface area contributed by atoms with E-state index < -0.39 is 0 Å². The van der Waals surface area contributed by atoms with Gasteiger partial charge in [0.15, 0.2) is 0 Å². The van der Waals surface area contributed by atoms with Crippen molar-refractivity contribution in [2.45, 2.75) is 76.4 Å². The fourth-order valence-corrected chi connectivity index (χ4v) is 5.34. The SMILES string of the molecule is CN(C)C(=O)CCCCC1=C[C@H]2C[C@@H](O)[C@H](C=C[C@H](O)C3CCCC3)[C@H]2C1. The van der Waals surface area contributed by atoms with Crippen LogP contribution >= 0.6 is 0 Å². The van der Waals surface area contributed by atoms with Crippen molar-refractivity contribution >= 4 is 5.91 Å². The van der Waals surface area contributed by atoms with Crippen LogP contribution < -0.4 is 0 Å². The second-order valence-electron chi connectivity index (χ2n) is 9.15. The van der Waals surface area contributed by atoms with E-state index in [1.807, 2.05) is 20.2 Å². The van der Waals surface area contributed by atoms with Crippen LogP contribution in [0, 0.1) is 23.7 Å². The number of nitrogens with zero attached hydrogens (tertiary/aromatic N) is 1. The topological polar surface area (TPSA) is 60.8 Å². The zero-order valence-electron chi connectivity index (χ0n) is 17.0. The smallest absolute Gasteiger partial charge is 0.222 e. The largest absolute Gasteiger partial charge is 0.392 e. The van der Waals surface area contributed by atoms with E-state index in [4.69, 9.17) is 0 Å². The molecule has 4 nitrogen and oxygen atoms in total. The standard InChI is InChI=1S/C23H37NO3/c1-24(2)23(27)10-6-3-7-16-13-18-15-22(26)19(20(18)14-16)11-12-21(25)17-8-4-5-9-17/h11-13,17-22,25-26H,3-10,14-15H2,1-2H3/t18-,19+,20-,21-,22+/m0/s1. The average molecular weight is 376 g/mol. The highest BCUT2D eigenvalue weighted by molar-refractivity contribution is 5.75. The third-order valence-electron chi connectivity index (χ3n) is 7.00. The molecule has 0 aromatic heterocycles. The predicted octanol–water partition coefficient (Wildman–Crippen LogP) is 3.69. The first-order chi connectivity index (χ1) is 13.0. The minimum atomic E-state index is -0.346. The molecule has 0 aliphatic heterocycles. The van der Waals surface area contributed by atoms with Crippen molar-refractivity contribution in [3.05, 3.63) is 23.8 Å². The number of fused-ring (bicyclic) bond motifs is 1. The van der Waals surface area contributed by atoms with E-state index in [2.05, 4.69) is 12.2 Å². The number of unbranched alkanes of at least 4 members (excludes halogenated alkanes) is 1. The van der Waals surface area contributed by atoms with Crippen molar-refractivity contribution < 1.29 is 15.0 Å². The van der Waals surface area contributed by atoms with Gasteiger partial charge in [-0.05, 0) is 62.7 Å². The van der Waals surface area contributed by atoms with Crippen LogP contribution in [0.1, 0.15) is 64.2 Å². The van der Waals surface area contributed by atoms with Crippen LogP contribution in [0.2, 0.25) is 0 Å². The summed E-state index contributed by atoms with van der Waals surface area (Å²) in [6, 6.07) is 0. The lowest BCUT2D eigenvalue weighted by Crippen LogP contribution is -2.21. The Kier molecular flexibility index (Phi) is 7.16. The Hall–Kier alpha value is -1.13. The molecule has 2 fully saturated rings. The molecule has 2 N–H and O–H groups in total. The summed E-state index contributed by atoms with van der Waals surface area (Å²) < 4.78 is 0. The van der Waals surface area contributed by atoms with Gasteiger partial charge < -0.3 is 15.1 Å². The van der Waals surface area contributed by atoms with Crippen LogP contribution in [0.4, 0.5) is 0 Å². The second-order valence-corrected chi connectivity index (χ2v) is 9.15. The lowest BCUT2D eigenvalue weighted by Gasteiger charge is -2.20. The molecule has 1 amide bonds. The Labute approximate surface area is 164 Å². The van der Waals surface area contributed by atoms with Gasteiger partial charge >= 0.3 is 0 Å². The molecule has 0 heterocycles. The number of carbonyl (C=O) groups is 1. The molecule has 152 valence electrons. The highest BCUT2D eigenvalue weighted by Gasteiger charge is 2.43. The second kappa shape index (κ2) is 9.38. The van der Waals surface area contributed by atoms with E-state index in [0.717, 1.165) is 44.9 Å². The van der Waals surface area contributed by atoms with Gasteiger partial charge in [-0.3, -0.25) is 4.79 Å². The van der Waals surface area contributed by atoms with Gasteiger partial charge in [-0.15, -0.1) is 0 Å². The summed E-state index contributed by atoms with van der Waals surface area (Å²) in [5, 5.41) is 20.9. The zero-order chi connectivity index (χ0) is 19.4.